The van der Waals surface area contributed by atoms with Gasteiger partial charge in [-0.3, -0.25) is 0 Å². The Morgan fingerprint density at radius 3 is 2.40 bits per heavy atom. The number of hydrogen-bond donors (Lipinski definition) is 1. The summed E-state index contributed by atoms with van der Waals surface area (Å²) in [6, 6.07) is 5.01. The first-order valence-electron chi connectivity index (χ1n) is 7.29. The lowest BCUT2D eigenvalue weighted by Crippen LogP contribution is -2.40. The molecule has 20 heavy (non-hydrogen) atoms. The predicted molar refractivity (Wildman–Crippen MR) is 82.9 cm³/mol. The van der Waals surface area contributed by atoms with Crippen molar-refractivity contribution in [2.45, 2.75) is 39.5 Å². The number of aromatic carboxylic acids is 1. The maximum absolute atomic E-state index is 11.3. The van der Waals surface area contributed by atoms with E-state index in [2.05, 4.69) is 18.7 Å². The number of benzene rings is 1. The van der Waals surface area contributed by atoms with Gasteiger partial charge in [-0.15, -0.1) is 0 Å². The summed E-state index contributed by atoms with van der Waals surface area (Å²) < 4.78 is 0. The molecule has 0 spiro atoms. The second-order valence-electron chi connectivity index (χ2n) is 5.66. The zero-order valence-electron chi connectivity index (χ0n) is 12.2. The van der Waals surface area contributed by atoms with Gasteiger partial charge < -0.3 is 10.0 Å². The molecule has 0 aromatic heterocycles. The predicted octanol–water partition coefficient (Wildman–Crippen LogP) is 4.44. The third kappa shape index (κ3) is 2.93. The van der Waals surface area contributed by atoms with Gasteiger partial charge in [-0.05, 0) is 36.5 Å². The number of carbonyl (C=O) groups is 1. The van der Waals surface area contributed by atoms with Gasteiger partial charge in [0, 0.05) is 18.1 Å². The van der Waals surface area contributed by atoms with E-state index < -0.39 is 5.97 Å². The van der Waals surface area contributed by atoms with Crippen LogP contribution in [0.4, 0.5) is 5.69 Å². The molecule has 1 aromatic carbocycles. The van der Waals surface area contributed by atoms with E-state index in [1.54, 1.807) is 18.2 Å². The van der Waals surface area contributed by atoms with Crippen molar-refractivity contribution in [2.75, 3.05) is 18.0 Å². The Morgan fingerprint density at radius 1 is 1.30 bits per heavy atom. The lowest BCUT2D eigenvalue weighted by Gasteiger charge is -2.42. The number of hydrogen-bond acceptors (Lipinski definition) is 2. The molecular weight excluding hydrogens is 274 g/mol. The fraction of sp³-hybridized carbons (Fsp3) is 0.562. The summed E-state index contributed by atoms with van der Waals surface area (Å²) in [5, 5.41) is 9.90. The van der Waals surface area contributed by atoms with E-state index >= 15 is 0 Å². The van der Waals surface area contributed by atoms with Crippen molar-refractivity contribution in [2.24, 2.45) is 5.41 Å². The van der Waals surface area contributed by atoms with Crippen LogP contribution in [0.1, 0.15) is 49.9 Å². The van der Waals surface area contributed by atoms with Crippen LogP contribution >= 0.6 is 11.6 Å². The van der Waals surface area contributed by atoms with Crippen LogP contribution in [-0.4, -0.2) is 24.2 Å². The Bertz CT molecular complexity index is 487. The van der Waals surface area contributed by atoms with Crippen molar-refractivity contribution in [1.82, 2.24) is 0 Å². The molecule has 3 nitrogen and oxygen atoms in total. The molecule has 0 unspecified atom stereocenters. The number of anilines is 1. The molecule has 4 heteroatoms. The van der Waals surface area contributed by atoms with Crippen molar-refractivity contribution in [3.8, 4) is 0 Å². The molecule has 1 aliphatic heterocycles. The molecule has 1 heterocycles. The van der Waals surface area contributed by atoms with Crippen LogP contribution in [0.5, 0.6) is 0 Å². The first-order valence-corrected chi connectivity index (χ1v) is 7.67. The van der Waals surface area contributed by atoms with Crippen LogP contribution < -0.4 is 4.90 Å². The quantitative estimate of drug-likeness (QED) is 0.892. The Morgan fingerprint density at radius 2 is 1.90 bits per heavy atom. The molecule has 2 rings (SSSR count). The second kappa shape index (κ2) is 6.04. The van der Waals surface area contributed by atoms with Gasteiger partial charge in [0.25, 0.3) is 0 Å². The maximum atomic E-state index is 11.3. The number of halogens is 1. The van der Waals surface area contributed by atoms with Crippen molar-refractivity contribution in [3.63, 3.8) is 0 Å². The standard InChI is InChI=1S/C16H22ClNO2/c1-3-16(4-2)7-9-18(10-8-16)14-11-12(17)5-6-13(14)15(19)20/h5-6,11H,3-4,7-10H2,1-2H3,(H,19,20). The monoisotopic (exact) mass is 295 g/mol. The summed E-state index contributed by atoms with van der Waals surface area (Å²) in [5.41, 5.74) is 1.53. The first-order chi connectivity index (χ1) is 9.51. The number of nitrogens with zero attached hydrogens (tertiary/aromatic N) is 1. The van der Waals surface area contributed by atoms with E-state index in [0.717, 1.165) is 31.6 Å². The fourth-order valence-corrected chi connectivity index (χ4v) is 3.29. The van der Waals surface area contributed by atoms with Gasteiger partial charge in [0.1, 0.15) is 0 Å². The van der Waals surface area contributed by atoms with Crippen LogP contribution in [0, 0.1) is 5.41 Å². The molecule has 1 saturated heterocycles. The van der Waals surface area contributed by atoms with Gasteiger partial charge >= 0.3 is 5.97 Å². The van der Waals surface area contributed by atoms with Crippen LogP contribution in [0.25, 0.3) is 0 Å². The zero-order chi connectivity index (χ0) is 14.8. The van der Waals surface area contributed by atoms with Gasteiger partial charge in [-0.2, -0.15) is 0 Å². The number of carboxylic acids is 1. The van der Waals surface area contributed by atoms with Gasteiger partial charge in [0.2, 0.25) is 0 Å². The van der Waals surface area contributed by atoms with Gasteiger partial charge in [0.15, 0.2) is 0 Å². The van der Waals surface area contributed by atoms with E-state index in [1.165, 1.54) is 12.8 Å². The Kier molecular flexibility index (Phi) is 4.59. The summed E-state index contributed by atoms with van der Waals surface area (Å²) in [7, 11) is 0. The molecule has 0 atom stereocenters. The Hall–Kier alpha value is -1.22. The second-order valence-corrected chi connectivity index (χ2v) is 6.10. The zero-order valence-corrected chi connectivity index (χ0v) is 12.9. The minimum atomic E-state index is -0.889. The molecule has 1 N–H and O–H groups in total. The lowest BCUT2D eigenvalue weighted by molar-refractivity contribution is 0.0697. The molecule has 0 bridgehead atoms. The van der Waals surface area contributed by atoms with Gasteiger partial charge in [-0.25, -0.2) is 4.79 Å². The molecule has 1 fully saturated rings. The highest BCUT2D eigenvalue weighted by atomic mass is 35.5. The average Bonchev–Trinajstić information content (AvgIpc) is 2.47. The number of carboxylic acid groups (broad SMARTS) is 1. The minimum Gasteiger partial charge on any atom is -0.478 e. The topological polar surface area (TPSA) is 40.5 Å². The average molecular weight is 296 g/mol. The van der Waals surface area contributed by atoms with Gasteiger partial charge in [0.05, 0.1) is 11.3 Å². The van der Waals surface area contributed by atoms with E-state index in [0.29, 0.717) is 16.0 Å². The highest BCUT2D eigenvalue weighted by molar-refractivity contribution is 6.31. The van der Waals surface area contributed by atoms with Crippen LogP contribution in [0.3, 0.4) is 0 Å². The highest BCUT2D eigenvalue weighted by Gasteiger charge is 2.32. The SMILES string of the molecule is CCC1(CC)CCN(c2cc(Cl)ccc2C(=O)O)CC1. The van der Waals surface area contributed by atoms with Crippen LogP contribution in [0.15, 0.2) is 18.2 Å². The normalized spacial score (nSPS) is 18.1. The summed E-state index contributed by atoms with van der Waals surface area (Å²) in [6.07, 6.45) is 4.62. The largest absolute Gasteiger partial charge is 0.478 e. The van der Waals surface area contributed by atoms with E-state index in [1.807, 2.05) is 0 Å². The van der Waals surface area contributed by atoms with Crippen molar-refractivity contribution in [1.29, 1.82) is 0 Å². The van der Waals surface area contributed by atoms with E-state index in [9.17, 15) is 9.90 Å². The van der Waals surface area contributed by atoms with Crippen molar-refractivity contribution < 1.29 is 9.90 Å². The molecule has 0 aliphatic carbocycles. The Labute approximate surface area is 125 Å². The van der Waals surface area contributed by atoms with Crippen molar-refractivity contribution >= 4 is 23.3 Å². The highest BCUT2D eigenvalue weighted by Crippen LogP contribution is 2.40. The summed E-state index contributed by atoms with van der Waals surface area (Å²) >= 11 is 6.03. The number of piperidine rings is 1. The van der Waals surface area contributed by atoms with E-state index in [-0.39, 0.29) is 0 Å². The molecule has 1 aliphatic rings. The first kappa shape index (κ1) is 15.2. The van der Waals surface area contributed by atoms with Crippen molar-refractivity contribution in [3.05, 3.63) is 28.8 Å². The maximum Gasteiger partial charge on any atom is 0.337 e. The Balaban J connectivity index is 2.22. The molecular formula is C16H22ClNO2. The molecule has 1 aromatic rings. The summed E-state index contributed by atoms with van der Waals surface area (Å²) in [6.45, 7) is 6.31. The third-order valence-electron chi connectivity index (χ3n) is 4.85. The minimum absolute atomic E-state index is 0.342. The summed E-state index contributed by atoms with van der Waals surface area (Å²) in [4.78, 5) is 13.5. The molecule has 0 saturated carbocycles. The summed E-state index contributed by atoms with van der Waals surface area (Å²) in [5.74, 6) is -0.889. The van der Waals surface area contributed by atoms with Crippen LogP contribution in [0.2, 0.25) is 5.02 Å². The molecule has 0 radical (unpaired) electrons. The molecule has 110 valence electrons. The lowest BCUT2D eigenvalue weighted by atomic mass is 9.74. The molecule has 0 amide bonds. The smallest absolute Gasteiger partial charge is 0.337 e. The van der Waals surface area contributed by atoms with E-state index in [4.69, 9.17) is 11.6 Å². The number of rotatable bonds is 4. The third-order valence-corrected chi connectivity index (χ3v) is 5.09. The van der Waals surface area contributed by atoms with Gasteiger partial charge in [-0.1, -0.05) is 38.3 Å². The fourth-order valence-electron chi connectivity index (χ4n) is 3.13. The van der Waals surface area contributed by atoms with Crippen LogP contribution in [-0.2, 0) is 0 Å².